The van der Waals surface area contributed by atoms with Crippen molar-refractivity contribution in [3.05, 3.63) is 107 Å². The molecule has 0 aliphatic heterocycles. The molecule has 2 heterocycles. The quantitative estimate of drug-likeness (QED) is 0.342. The van der Waals surface area contributed by atoms with Crippen LogP contribution in [0.1, 0.15) is 46.0 Å². The molecule has 0 radical (unpaired) electrons. The second-order valence-electron chi connectivity index (χ2n) is 9.08. The SMILES string of the molecule is O=C(Nc1ccc(CCc2nc3ccccc3n2-c2ccccc2)cc1)c1n[nH]c2c1CCCC2. The number of fused-ring (bicyclic) bond motifs is 2. The van der Waals surface area contributed by atoms with Gasteiger partial charge in [-0.2, -0.15) is 5.10 Å². The van der Waals surface area contributed by atoms with Crippen LogP contribution in [0.2, 0.25) is 0 Å². The largest absolute Gasteiger partial charge is 0.321 e. The number of rotatable bonds is 6. The normalized spacial score (nSPS) is 13.0. The van der Waals surface area contributed by atoms with Gasteiger partial charge in [0.2, 0.25) is 0 Å². The summed E-state index contributed by atoms with van der Waals surface area (Å²) in [4.78, 5) is 17.7. The molecular weight excluding hydrogens is 434 g/mol. The minimum Gasteiger partial charge on any atom is -0.321 e. The number of hydrogen-bond acceptors (Lipinski definition) is 3. The van der Waals surface area contributed by atoms with E-state index in [0.717, 1.165) is 78.0 Å². The van der Waals surface area contributed by atoms with E-state index in [9.17, 15) is 4.79 Å². The van der Waals surface area contributed by atoms with Crippen molar-refractivity contribution in [1.82, 2.24) is 19.7 Å². The number of carbonyl (C=O) groups is 1. The van der Waals surface area contributed by atoms with Crippen LogP contribution in [0, 0.1) is 0 Å². The number of hydrogen-bond donors (Lipinski definition) is 2. The van der Waals surface area contributed by atoms with Crippen LogP contribution in [0.3, 0.4) is 0 Å². The number of nitrogens with zero attached hydrogens (tertiary/aromatic N) is 3. The molecule has 6 nitrogen and oxygen atoms in total. The molecule has 0 saturated heterocycles. The zero-order chi connectivity index (χ0) is 23.6. The van der Waals surface area contributed by atoms with Gasteiger partial charge in [0.05, 0.1) is 11.0 Å². The number of aromatic nitrogens is 4. The summed E-state index contributed by atoms with van der Waals surface area (Å²) in [6, 6.07) is 26.7. The zero-order valence-corrected chi connectivity index (χ0v) is 19.5. The van der Waals surface area contributed by atoms with E-state index < -0.39 is 0 Å². The Kier molecular flexibility index (Phi) is 5.62. The molecule has 6 heteroatoms. The van der Waals surface area contributed by atoms with Crippen molar-refractivity contribution >= 4 is 22.6 Å². The molecular formula is C29H27N5O. The number of anilines is 1. The number of nitrogens with one attached hydrogen (secondary N) is 2. The highest BCUT2D eigenvalue weighted by molar-refractivity contribution is 6.04. The molecule has 2 aromatic heterocycles. The average molecular weight is 462 g/mol. The summed E-state index contributed by atoms with van der Waals surface area (Å²) in [7, 11) is 0. The predicted molar refractivity (Wildman–Crippen MR) is 138 cm³/mol. The molecule has 35 heavy (non-hydrogen) atoms. The minimum absolute atomic E-state index is 0.145. The number of H-pyrrole nitrogens is 1. The van der Waals surface area contributed by atoms with E-state index in [-0.39, 0.29) is 5.91 Å². The van der Waals surface area contributed by atoms with Crippen LogP contribution in [-0.4, -0.2) is 25.7 Å². The molecule has 0 unspecified atom stereocenters. The lowest BCUT2D eigenvalue weighted by Gasteiger charge is -2.11. The number of aromatic amines is 1. The first-order valence-electron chi connectivity index (χ1n) is 12.2. The van der Waals surface area contributed by atoms with Crippen molar-refractivity contribution in [2.75, 3.05) is 5.32 Å². The number of aryl methyl sites for hydroxylation is 3. The molecule has 1 amide bonds. The first kappa shape index (κ1) is 21.4. The van der Waals surface area contributed by atoms with Gasteiger partial charge in [0.25, 0.3) is 5.91 Å². The molecule has 174 valence electrons. The predicted octanol–water partition coefficient (Wildman–Crippen LogP) is 5.66. The summed E-state index contributed by atoms with van der Waals surface area (Å²) in [5, 5.41) is 10.3. The van der Waals surface area contributed by atoms with E-state index in [0.29, 0.717) is 5.69 Å². The van der Waals surface area contributed by atoms with Gasteiger partial charge in [-0.25, -0.2) is 4.98 Å². The van der Waals surface area contributed by atoms with E-state index in [1.807, 2.05) is 24.3 Å². The maximum atomic E-state index is 12.8. The van der Waals surface area contributed by atoms with Gasteiger partial charge < -0.3 is 5.32 Å². The molecule has 1 aliphatic carbocycles. The van der Waals surface area contributed by atoms with Crippen molar-refractivity contribution in [2.24, 2.45) is 0 Å². The van der Waals surface area contributed by atoms with Crippen molar-refractivity contribution in [3.63, 3.8) is 0 Å². The Balaban J connectivity index is 1.17. The number of amides is 1. The van der Waals surface area contributed by atoms with Gasteiger partial charge >= 0.3 is 0 Å². The summed E-state index contributed by atoms with van der Waals surface area (Å²) < 4.78 is 2.24. The number of para-hydroxylation sites is 3. The third-order valence-corrected chi connectivity index (χ3v) is 6.77. The van der Waals surface area contributed by atoms with Gasteiger partial charge in [0.15, 0.2) is 5.69 Å². The van der Waals surface area contributed by atoms with Crippen molar-refractivity contribution in [2.45, 2.75) is 38.5 Å². The Morgan fingerprint density at radius 3 is 2.51 bits per heavy atom. The molecule has 0 spiro atoms. The smallest absolute Gasteiger partial charge is 0.276 e. The summed E-state index contributed by atoms with van der Waals surface area (Å²) in [5.41, 5.74) is 7.94. The van der Waals surface area contributed by atoms with E-state index in [1.165, 1.54) is 5.56 Å². The lowest BCUT2D eigenvalue weighted by atomic mass is 9.96. The molecule has 0 bridgehead atoms. The van der Waals surface area contributed by atoms with Crippen LogP contribution >= 0.6 is 0 Å². The number of carbonyl (C=O) groups excluding carboxylic acids is 1. The lowest BCUT2D eigenvalue weighted by molar-refractivity contribution is 0.102. The molecule has 0 fully saturated rings. The van der Waals surface area contributed by atoms with Crippen LogP contribution in [0.15, 0.2) is 78.9 Å². The van der Waals surface area contributed by atoms with Crippen molar-refractivity contribution in [3.8, 4) is 5.69 Å². The highest BCUT2D eigenvalue weighted by Gasteiger charge is 2.21. The van der Waals surface area contributed by atoms with Crippen LogP contribution in [0.4, 0.5) is 5.69 Å². The standard InChI is InChI=1S/C29H27N5O/c35-29(28-23-10-4-5-11-24(23)32-33-28)30-21-17-14-20(15-18-21)16-19-27-31-25-12-6-7-13-26(25)34(27)22-8-2-1-3-9-22/h1-3,6-9,12-15,17-18H,4-5,10-11,16,19H2,(H,30,35)(H,32,33). The Labute approximate surface area is 204 Å². The Morgan fingerprint density at radius 2 is 1.66 bits per heavy atom. The monoisotopic (exact) mass is 461 g/mol. The molecule has 2 N–H and O–H groups in total. The summed E-state index contributed by atoms with van der Waals surface area (Å²) in [6.07, 6.45) is 5.83. The third-order valence-electron chi connectivity index (χ3n) is 6.77. The second kappa shape index (κ2) is 9.22. The Morgan fingerprint density at radius 1 is 0.886 bits per heavy atom. The Hall–Kier alpha value is -4.19. The van der Waals surface area contributed by atoms with Crippen molar-refractivity contribution in [1.29, 1.82) is 0 Å². The van der Waals surface area contributed by atoms with Crippen LogP contribution < -0.4 is 5.32 Å². The van der Waals surface area contributed by atoms with Gasteiger partial charge in [-0.3, -0.25) is 14.5 Å². The van der Waals surface area contributed by atoms with Crippen LogP contribution in [0.25, 0.3) is 16.7 Å². The molecule has 5 aromatic rings. The van der Waals surface area contributed by atoms with Crippen LogP contribution in [0.5, 0.6) is 0 Å². The van der Waals surface area contributed by atoms with Gasteiger partial charge in [0, 0.05) is 29.1 Å². The highest BCUT2D eigenvalue weighted by Crippen LogP contribution is 2.24. The van der Waals surface area contributed by atoms with Gasteiger partial charge in [0.1, 0.15) is 5.82 Å². The van der Waals surface area contributed by atoms with E-state index in [2.05, 4.69) is 74.7 Å². The van der Waals surface area contributed by atoms with E-state index in [1.54, 1.807) is 0 Å². The van der Waals surface area contributed by atoms with Gasteiger partial charge in [-0.15, -0.1) is 0 Å². The molecule has 1 aliphatic rings. The highest BCUT2D eigenvalue weighted by atomic mass is 16.1. The maximum absolute atomic E-state index is 12.8. The first-order valence-corrected chi connectivity index (χ1v) is 12.2. The van der Waals surface area contributed by atoms with Gasteiger partial charge in [-0.05, 0) is 74.1 Å². The second-order valence-corrected chi connectivity index (χ2v) is 9.08. The summed E-state index contributed by atoms with van der Waals surface area (Å²) in [5.74, 6) is 0.895. The van der Waals surface area contributed by atoms with Gasteiger partial charge in [-0.1, -0.05) is 42.5 Å². The fraction of sp³-hybridized carbons (Fsp3) is 0.207. The Bertz CT molecular complexity index is 1480. The summed E-state index contributed by atoms with van der Waals surface area (Å²) >= 11 is 0. The maximum Gasteiger partial charge on any atom is 0.276 e. The fourth-order valence-electron chi connectivity index (χ4n) is 4.98. The van der Waals surface area contributed by atoms with Crippen molar-refractivity contribution < 1.29 is 4.79 Å². The summed E-state index contributed by atoms with van der Waals surface area (Å²) in [6.45, 7) is 0. The topological polar surface area (TPSA) is 75.6 Å². The molecule has 0 saturated carbocycles. The number of imidazole rings is 1. The fourth-order valence-corrected chi connectivity index (χ4v) is 4.98. The number of benzene rings is 3. The average Bonchev–Trinajstić information content (AvgIpc) is 3.50. The lowest BCUT2D eigenvalue weighted by Crippen LogP contribution is -2.15. The zero-order valence-electron chi connectivity index (χ0n) is 19.5. The first-order chi connectivity index (χ1) is 17.3. The van der Waals surface area contributed by atoms with E-state index >= 15 is 0 Å². The molecule has 0 atom stereocenters. The minimum atomic E-state index is -0.145. The third kappa shape index (κ3) is 4.23. The molecule has 6 rings (SSSR count). The molecule has 3 aromatic carbocycles. The van der Waals surface area contributed by atoms with E-state index in [4.69, 9.17) is 4.98 Å². The van der Waals surface area contributed by atoms with Crippen LogP contribution in [-0.2, 0) is 25.7 Å².